The summed E-state index contributed by atoms with van der Waals surface area (Å²) in [5.74, 6) is 0.662. The van der Waals surface area contributed by atoms with Crippen LogP contribution in [-0.2, 0) is 0 Å². The minimum Gasteiger partial charge on any atom is -0.392 e. The molecule has 2 aliphatic carbocycles. The largest absolute Gasteiger partial charge is 0.392 e. The van der Waals surface area contributed by atoms with E-state index in [1.54, 1.807) is 0 Å². The minimum atomic E-state index is -0.0842. The van der Waals surface area contributed by atoms with Crippen LogP contribution in [0, 0.1) is 11.3 Å². The van der Waals surface area contributed by atoms with E-state index in [4.69, 9.17) is 0 Å². The second-order valence-electron chi connectivity index (χ2n) is 4.54. The molecule has 2 rings (SSSR count). The van der Waals surface area contributed by atoms with Crippen LogP contribution in [0.25, 0.3) is 0 Å². The molecule has 0 bridgehead atoms. The zero-order valence-electron chi connectivity index (χ0n) is 8.01. The lowest BCUT2D eigenvalue weighted by Crippen LogP contribution is -2.36. The molecule has 3 unspecified atom stereocenters. The van der Waals surface area contributed by atoms with Crippen LogP contribution in [0.15, 0.2) is 11.6 Å². The van der Waals surface area contributed by atoms with E-state index >= 15 is 0 Å². The third-order valence-corrected chi connectivity index (χ3v) is 4.09. The predicted molar refractivity (Wildman–Crippen MR) is 49.8 cm³/mol. The average Bonchev–Trinajstić information content (AvgIpc) is 2.33. The van der Waals surface area contributed by atoms with Gasteiger partial charge in [-0.05, 0) is 31.6 Å². The highest BCUT2D eigenvalue weighted by Gasteiger charge is 2.46. The first kappa shape index (κ1) is 8.31. The van der Waals surface area contributed by atoms with E-state index < -0.39 is 0 Å². The number of allylic oxidation sites excluding steroid dienone is 1. The van der Waals surface area contributed by atoms with Crippen molar-refractivity contribution in [2.45, 2.75) is 45.6 Å². The molecule has 1 N–H and O–H groups in total. The monoisotopic (exact) mass is 166 g/mol. The highest BCUT2D eigenvalue weighted by molar-refractivity contribution is 5.24. The SMILES string of the molecule is CC1CCC=C2CCC(O)C21C. The summed E-state index contributed by atoms with van der Waals surface area (Å²) in [6, 6.07) is 0. The van der Waals surface area contributed by atoms with Gasteiger partial charge in [0.2, 0.25) is 0 Å². The van der Waals surface area contributed by atoms with E-state index in [1.165, 1.54) is 18.4 Å². The van der Waals surface area contributed by atoms with Crippen molar-refractivity contribution in [3.8, 4) is 0 Å². The summed E-state index contributed by atoms with van der Waals surface area (Å²) in [5, 5.41) is 9.91. The Morgan fingerprint density at radius 1 is 1.50 bits per heavy atom. The molecular weight excluding hydrogens is 148 g/mol. The van der Waals surface area contributed by atoms with Crippen LogP contribution in [0.3, 0.4) is 0 Å². The van der Waals surface area contributed by atoms with Crippen LogP contribution in [0.1, 0.15) is 39.5 Å². The molecule has 0 radical (unpaired) electrons. The summed E-state index contributed by atoms with van der Waals surface area (Å²) in [7, 11) is 0. The fourth-order valence-corrected chi connectivity index (χ4v) is 2.85. The number of aliphatic hydroxyl groups excluding tert-OH is 1. The summed E-state index contributed by atoms with van der Waals surface area (Å²) in [6.45, 7) is 4.52. The molecule has 0 saturated heterocycles. The van der Waals surface area contributed by atoms with E-state index in [2.05, 4.69) is 19.9 Å². The van der Waals surface area contributed by atoms with E-state index in [9.17, 15) is 5.11 Å². The van der Waals surface area contributed by atoms with E-state index in [-0.39, 0.29) is 11.5 Å². The lowest BCUT2D eigenvalue weighted by atomic mass is 9.67. The molecule has 0 aromatic heterocycles. The Balaban J connectivity index is 2.37. The molecule has 1 saturated carbocycles. The van der Waals surface area contributed by atoms with Gasteiger partial charge in [-0.3, -0.25) is 0 Å². The summed E-state index contributed by atoms with van der Waals surface area (Å²) in [4.78, 5) is 0. The van der Waals surface area contributed by atoms with Gasteiger partial charge < -0.3 is 5.11 Å². The van der Waals surface area contributed by atoms with Crippen molar-refractivity contribution >= 4 is 0 Å². The molecule has 12 heavy (non-hydrogen) atoms. The van der Waals surface area contributed by atoms with Crippen LogP contribution in [-0.4, -0.2) is 11.2 Å². The molecule has 0 amide bonds. The number of rotatable bonds is 0. The molecule has 0 spiro atoms. The fourth-order valence-electron chi connectivity index (χ4n) is 2.85. The summed E-state index contributed by atoms with van der Waals surface area (Å²) >= 11 is 0. The standard InChI is InChI=1S/C11H18O/c1-8-4-3-5-9-6-7-10(12)11(8,9)2/h5,8,10,12H,3-4,6-7H2,1-2H3. The van der Waals surface area contributed by atoms with Crippen LogP contribution >= 0.6 is 0 Å². The van der Waals surface area contributed by atoms with Crippen molar-refractivity contribution in [3.63, 3.8) is 0 Å². The van der Waals surface area contributed by atoms with Crippen molar-refractivity contribution in [2.75, 3.05) is 0 Å². The van der Waals surface area contributed by atoms with Gasteiger partial charge in [0.05, 0.1) is 6.10 Å². The van der Waals surface area contributed by atoms with Crippen LogP contribution in [0.4, 0.5) is 0 Å². The van der Waals surface area contributed by atoms with Gasteiger partial charge in [-0.25, -0.2) is 0 Å². The minimum absolute atomic E-state index is 0.0842. The Morgan fingerprint density at radius 2 is 2.25 bits per heavy atom. The Bertz CT molecular complexity index is 219. The van der Waals surface area contributed by atoms with Crippen molar-refractivity contribution in [2.24, 2.45) is 11.3 Å². The van der Waals surface area contributed by atoms with Crippen molar-refractivity contribution in [3.05, 3.63) is 11.6 Å². The van der Waals surface area contributed by atoms with Gasteiger partial charge in [0, 0.05) is 5.41 Å². The maximum Gasteiger partial charge on any atom is 0.0636 e. The maximum atomic E-state index is 9.91. The lowest BCUT2D eigenvalue weighted by Gasteiger charge is -2.39. The molecule has 0 aromatic carbocycles. The van der Waals surface area contributed by atoms with E-state index in [0.29, 0.717) is 5.92 Å². The first-order valence-corrected chi connectivity index (χ1v) is 5.03. The number of aliphatic hydroxyl groups is 1. The number of hydrogen-bond acceptors (Lipinski definition) is 1. The molecule has 1 heteroatoms. The van der Waals surface area contributed by atoms with Crippen LogP contribution in [0.5, 0.6) is 0 Å². The van der Waals surface area contributed by atoms with Gasteiger partial charge in [-0.1, -0.05) is 25.5 Å². The number of hydrogen-bond donors (Lipinski definition) is 1. The molecular formula is C11H18O. The zero-order valence-corrected chi connectivity index (χ0v) is 8.01. The predicted octanol–water partition coefficient (Wildman–Crippen LogP) is 2.50. The quantitative estimate of drug-likeness (QED) is 0.548. The second-order valence-corrected chi connectivity index (χ2v) is 4.54. The topological polar surface area (TPSA) is 20.2 Å². The highest BCUT2D eigenvalue weighted by atomic mass is 16.3. The van der Waals surface area contributed by atoms with Gasteiger partial charge in [-0.15, -0.1) is 0 Å². The van der Waals surface area contributed by atoms with E-state index in [0.717, 1.165) is 12.8 Å². The molecule has 3 atom stereocenters. The normalized spacial score (nSPS) is 47.1. The van der Waals surface area contributed by atoms with Crippen LogP contribution in [0.2, 0.25) is 0 Å². The highest BCUT2D eigenvalue weighted by Crippen LogP contribution is 2.52. The fraction of sp³-hybridized carbons (Fsp3) is 0.818. The summed E-state index contributed by atoms with van der Waals surface area (Å²) in [6.07, 6.45) is 6.85. The van der Waals surface area contributed by atoms with E-state index in [1.807, 2.05) is 0 Å². The summed E-state index contributed by atoms with van der Waals surface area (Å²) < 4.78 is 0. The van der Waals surface area contributed by atoms with Gasteiger partial charge >= 0.3 is 0 Å². The third kappa shape index (κ3) is 0.891. The molecule has 1 fully saturated rings. The summed E-state index contributed by atoms with van der Waals surface area (Å²) in [5.41, 5.74) is 1.65. The van der Waals surface area contributed by atoms with Crippen molar-refractivity contribution in [1.29, 1.82) is 0 Å². The zero-order chi connectivity index (χ0) is 8.77. The molecule has 1 nitrogen and oxygen atoms in total. The molecule has 0 aromatic rings. The first-order chi connectivity index (χ1) is 5.65. The Labute approximate surface area is 74.5 Å². The molecule has 0 aliphatic heterocycles. The first-order valence-electron chi connectivity index (χ1n) is 5.03. The van der Waals surface area contributed by atoms with Gasteiger partial charge in [-0.2, -0.15) is 0 Å². The van der Waals surface area contributed by atoms with Crippen molar-refractivity contribution < 1.29 is 5.11 Å². The Kier molecular flexibility index (Phi) is 1.80. The Morgan fingerprint density at radius 3 is 2.92 bits per heavy atom. The number of fused-ring (bicyclic) bond motifs is 1. The van der Waals surface area contributed by atoms with Crippen LogP contribution < -0.4 is 0 Å². The second kappa shape index (κ2) is 2.59. The van der Waals surface area contributed by atoms with Gasteiger partial charge in [0.15, 0.2) is 0 Å². The molecule has 0 heterocycles. The molecule has 2 aliphatic rings. The maximum absolute atomic E-state index is 9.91. The van der Waals surface area contributed by atoms with Gasteiger partial charge in [0.25, 0.3) is 0 Å². The molecule has 68 valence electrons. The third-order valence-electron chi connectivity index (χ3n) is 4.09. The van der Waals surface area contributed by atoms with Gasteiger partial charge in [0.1, 0.15) is 0 Å². The average molecular weight is 166 g/mol. The lowest BCUT2D eigenvalue weighted by molar-refractivity contribution is 0.0404. The Hall–Kier alpha value is -0.300. The van der Waals surface area contributed by atoms with Crippen molar-refractivity contribution in [1.82, 2.24) is 0 Å². The smallest absolute Gasteiger partial charge is 0.0636 e.